The molecule has 0 bridgehead atoms. The lowest BCUT2D eigenvalue weighted by atomic mass is 9.95. The van der Waals surface area contributed by atoms with Crippen molar-refractivity contribution in [3.05, 3.63) is 0 Å². The first kappa shape index (κ1) is 13.2. The lowest BCUT2D eigenvalue weighted by molar-refractivity contribution is -0.909. The predicted octanol–water partition coefficient (Wildman–Crippen LogP) is -1.50. The minimum Gasteiger partial charge on any atom is -1.00 e. The molecule has 80 valence electrons. The highest BCUT2D eigenvalue weighted by atomic mass is 35.5. The van der Waals surface area contributed by atoms with E-state index in [0.29, 0.717) is 0 Å². The molecular weight excluding hydrogens is 182 g/mol. The Bertz CT molecular complexity index is 117. The van der Waals surface area contributed by atoms with Gasteiger partial charge in [0, 0.05) is 5.92 Å². The van der Waals surface area contributed by atoms with Gasteiger partial charge in [0.1, 0.15) is 0 Å². The van der Waals surface area contributed by atoms with Crippen molar-refractivity contribution in [2.75, 3.05) is 19.6 Å². The van der Waals surface area contributed by atoms with Gasteiger partial charge in [-0.1, -0.05) is 20.3 Å². The molecule has 1 fully saturated rings. The maximum absolute atomic E-state index is 2.34. The standard InChI is InChI=1S/C11H23N.ClH/c1-3-5-8-12-9-6-7-11(4-2)10-12;/h11H,3-10H2,1-2H3;1H. The quantitative estimate of drug-likeness (QED) is 0.570. The van der Waals surface area contributed by atoms with Crippen molar-refractivity contribution in [3.8, 4) is 0 Å². The molecule has 1 rings (SSSR count). The summed E-state index contributed by atoms with van der Waals surface area (Å²) in [5.74, 6) is 1.03. The Kier molecular flexibility index (Phi) is 7.78. The lowest BCUT2D eigenvalue weighted by Gasteiger charge is -2.29. The SMILES string of the molecule is CCCC[NH+]1CCCC(CC)C1.[Cl-]. The second kappa shape index (κ2) is 7.64. The summed E-state index contributed by atoms with van der Waals surface area (Å²) < 4.78 is 0. The zero-order valence-corrected chi connectivity index (χ0v) is 9.87. The molecule has 1 N–H and O–H groups in total. The molecule has 2 atom stereocenters. The number of hydrogen-bond donors (Lipinski definition) is 1. The average Bonchev–Trinajstić information content (AvgIpc) is 2.15. The topological polar surface area (TPSA) is 4.44 Å². The molecule has 0 aromatic rings. The van der Waals surface area contributed by atoms with Crippen molar-refractivity contribution in [1.82, 2.24) is 0 Å². The molecule has 0 radical (unpaired) electrons. The number of halogens is 1. The van der Waals surface area contributed by atoms with E-state index < -0.39 is 0 Å². The zero-order chi connectivity index (χ0) is 8.81. The Balaban J connectivity index is 0.00000144. The van der Waals surface area contributed by atoms with Crippen LogP contribution in [0.3, 0.4) is 0 Å². The van der Waals surface area contributed by atoms with Crippen LogP contribution in [0, 0.1) is 5.92 Å². The molecule has 0 spiro atoms. The zero-order valence-electron chi connectivity index (χ0n) is 9.11. The highest BCUT2D eigenvalue weighted by Crippen LogP contribution is 2.10. The van der Waals surface area contributed by atoms with Crippen molar-refractivity contribution in [2.24, 2.45) is 5.92 Å². The Labute approximate surface area is 89.3 Å². The number of likely N-dealkylation sites (tertiary alicyclic amines) is 1. The molecule has 1 aliphatic heterocycles. The van der Waals surface area contributed by atoms with Gasteiger partial charge in [-0.25, -0.2) is 0 Å². The number of hydrogen-bond acceptors (Lipinski definition) is 0. The van der Waals surface area contributed by atoms with E-state index in [-0.39, 0.29) is 12.4 Å². The normalized spacial score (nSPS) is 28.2. The molecule has 1 nitrogen and oxygen atoms in total. The summed E-state index contributed by atoms with van der Waals surface area (Å²) in [5.41, 5.74) is 0. The van der Waals surface area contributed by atoms with Crippen molar-refractivity contribution < 1.29 is 17.3 Å². The molecule has 1 saturated heterocycles. The van der Waals surface area contributed by atoms with Crippen LogP contribution in [0.1, 0.15) is 46.0 Å². The lowest BCUT2D eigenvalue weighted by Crippen LogP contribution is -3.13. The van der Waals surface area contributed by atoms with E-state index in [1.54, 1.807) is 0 Å². The molecule has 2 unspecified atom stereocenters. The van der Waals surface area contributed by atoms with Crippen LogP contribution in [-0.4, -0.2) is 19.6 Å². The smallest absolute Gasteiger partial charge is 0.0799 e. The molecule has 1 heterocycles. The third kappa shape index (κ3) is 4.87. The molecule has 2 heteroatoms. The Hall–Kier alpha value is 0.250. The highest BCUT2D eigenvalue weighted by molar-refractivity contribution is 4.59. The molecular formula is C11H24ClN. The van der Waals surface area contributed by atoms with Crippen LogP contribution in [0.2, 0.25) is 0 Å². The molecule has 1 aliphatic rings. The summed E-state index contributed by atoms with van der Waals surface area (Å²) >= 11 is 0. The van der Waals surface area contributed by atoms with Crippen LogP contribution in [0.15, 0.2) is 0 Å². The average molecular weight is 206 g/mol. The van der Waals surface area contributed by atoms with Crippen LogP contribution in [-0.2, 0) is 0 Å². The Morgan fingerprint density at radius 3 is 2.69 bits per heavy atom. The summed E-state index contributed by atoms with van der Waals surface area (Å²) in [6.45, 7) is 8.95. The fraction of sp³-hybridized carbons (Fsp3) is 1.00. The van der Waals surface area contributed by atoms with Crippen LogP contribution >= 0.6 is 0 Å². The minimum absolute atomic E-state index is 0. The fourth-order valence-electron chi connectivity index (χ4n) is 2.26. The van der Waals surface area contributed by atoms with Crippen LogP contribution < -0.4 is 17.3 Å². The van der Waals surface area contributed by atoms with Crippen molar-refractivity contribution in [1.29, 1.82) is 0 Å². The van der Waals surface area contributed by atoms with Gasteiger partial charge >= 0.3 is 0 Å². The molecule has 13 heavy (non-hydrogen) atoms. The van der Waals surface area contributed by atoms with Crippen molar-refractivity contribution >= 4 is 0 Å². The van der Waals surface area contributed by atoms with Gasteiger partial charge in [0.15, 0.2) is 0 Å². The maximum atomic E-state index is 2.34. The fourth-order valence-corrected chi connectivity index (χ4v) is 2.26. The van der Waals surface area contributed by atoms with Crippen LogP contribution in [0.25, 0.3) is 0 Å². The first-order valence-electron chi connectivity index (χ1n) is 5.70. The summed E-state index contributed by atoms with van der Waals surface area (Å²) in [4.78, 5) is 1.87. The first-order chi connectivity index (χ1) is 5.86. The van der Waals surface area contributed by atoms with Crippen LogP contribution in [0.5, 0.6) is 0 Å². The van der Waals surface area contributed by atoms with Crippen molar-refractivity contribution in [3.63, 3.8) is 0 Å². The van der Waals surface area contributed by atoms with E-state index >= 15 is 0 Å². The van der Waals surface area contributed by atoms with Crippen molar-refractivity contribution in [2.45, 2.75) is 46.0 Å². The summed E-state index contributed by atoms with van der Waals surface area (Å²) in [6.07, 6.45) is 7.14. The molecule has 0 aromatic heterocycles. The summed E-state index contributed by atoms with van der Waals surface area (Å²) in [7, 11) is 0. The number of nitrogens with one attached hydrogen (secondary N) is 1. The number of quaternary nitrogens is 1. The minimum atomic E-state index is 0. The summed E-state index contributed by atoms with van der Waals surface area (Å²) in [6, 6.07) is 0. The molecule has 0 saturated carbocycles. The van der Waals surface area contributed by atoms with Gasteiger partial charge in [-0.3, -0.25) is 0 Å². The number of piperidine rings is 1. The molecule has 0 aliphatic carbocycles. The Morgan fingerprint density at radius 1 is 1.31 bits per heavy atom. The van der Waals surface area contributed by atoms with E-state index in [1.165, 1.54) is 51.7 Å². The monoisotopic (exact) mass is 205 g/mol. The third-order valence-electron chi connectivity index (χ3n) is 3.18. The first-order valence-corrected chi connectivity index (χ1v) is 5.70. The van der Waals surface area contributed by atoms with Gasteiger partial charge in [0.2, 0.25) is 0 Å². The molecule has 0 aromatic carbocycles. The third-order valence-corrected chi connectivity index (χ3v) is 3.18. The van der Waals surface area contributed by atoms with Gasteiger partial charge in [-0.15, -0.1) is 0 Å². The largest absolute Gasteiger partial charge is 1.00 e. The second-order valence-corrected chi connectivity index (χ2v) is 4.22. The van der Waals surface area contributed by atoms with Gasteiger partial charge in [0.25, 0.3) is 0 Å². The number of rotatable bonds is 4. The predicted molar refractivity (Wildman–Crippen MR) is 53.5 cm³/mol. The van der Waals surface area contributed by atoms with Gasteiger partial charge in [-0.05, 0) is 25.7 Å². The van der Waals surface area contributed by atoms with E-state index in [0.717, 1.165) is 5.92 Å². The highest BCUT2D eigenvalue weighted by Gasteiger charge is 2.20. The number of unbranched alkanes of at least 4 members (excludes halogenated alkanes) is 1. The van der Waals surface area contributed by atoms with Gasteiger partial charge < -0.3 is 17.3 Å². The van der Waals surface area contributed by atoms with Crippen LogP contribution in [0.4, 0.5) is 0 Å². The van der Waals surface area contributed by atoms with E-state index in [1.807, 2.05) is 4.90 Å². The summed E-state index contributed by atoms with van der Waals surface area (Å²) in [5, 5.41) is 0. The van der Waals surface area contributed by atoms with Gasteiger partial charge in [-0.2, -0.15) is 0 Å². The maximum Gasteiger partial charge on any atom is 0.0799 e. The Morgan fingerprint density at radius 2 is 2.08 bits per heavy atom. The van der Waals surface area contributed by atoms with E-state index in [4.69, 9.17) is 0 Å². The van der Waals surface area contributed by atoms with Gasteiger partial charge in [0.05, 0.1) is 19.6 Å². The van der Waals surface area contributed by atoms with E-state index in [2.05, 4.69) is 13.8 Å². The molecule has 0 amide bonds. The van der Waals surface area contributed by atoms with E-state index in [9.17, 15) is 0 Å². The second-order valence-electron chi connectivity index (χ2n) is 4.22.